The van der Waals surface area contributed by atoms with Gasteiger partial charge in [-0.1, -0.05) is 12.7 Å². The summed E-state index contributed by atoms with van der Waals surface area (Å²) in [4.78, 5) is 0. The third-order valence-corrected chi connectivity index (χ3v) is 1.73. The van der Waals surface area contributed by atoms with Crippen molar-refractivity contribution in [2.24, 2.45) is 0 Å². The van der Waals surface area contributed by atoms with Crippen LogP contribution in [0.1, 0.15) is 12.0 Å². The fourth-order valence-corrected chi connectivity index (χ4v) is 1.01. The van der Waals surface area contributed by atoms with Crippen LogP contribution >= 0.6 is 0 Å². The number of rotatable bonds is 4. The summed E-state index contributed by atoms with van der Waals surface area (Å²) in [5.74, 6) is 0. The highest BCUT2D eigenvalue weighted by Crippen LogP contribution is 1.95. The van der Waals surface area contributed by atoms with E-state index in [4.69, 9.17) is 5.11 Å². The van der Waals surface area contributed by atoms with Crippen molar-refractivity contribution in [2.45, 2.75) is 13.0 Å². The minimum absolute atomic E-state index is 0.246. The predicted octanol–water partition coefficient (Wildman–Crippen LogP) is 1.000. The number of aromatic nitrogens is 1. The van der Waals surface area contributed by atoms with Crippen molar-refractivity contribution < 1.29 is 9.67 Å². The molecule has 0 aliphatic carbocycles. The van der Waals surface area contributed by atoms with Crippen molar-refractivity contribution in [3.05, 3.63) is 36.7 Å². The molecule has 0 radical (unpaired) electrons. The lowest BCUT2D eigenvalue weighted by Gasteiger charge is -1.94. The SMILES string of the molecule is C=Cc1cc[n+](CCCO)cc1. The van der Waals surface area contributed by atoms with Gasteiger partial charge in [-0.3, -0.25) is 0 Å². The Morgan fingerprint density at radius 3 is 2.58 bits per heavy atom. The molecule has 0 saturated heterocycles. The second kappa shape index (κ2) is 4.67. The first-order chi connectivity index (χ1) is 5.86. The van der Waals surface area contributed by atoms with Crippen molar-refractivity contribution in [3.8, 4) is 0 Å². The maximum Gasteiger partial charge on any atom is 0.169 e. The maximum atomic E-state index is 8.60. The van der Waals surface area contributed by atoms with Gasteiger partial charge in [0.2, 0.25) is 0 Å². The van der Waals surface area contributed by atoms with Crippen LogP contribution in [0.5, 0.6) is 0 Å². The van der Waals surface area contributed by atoms with Crippen LogP contribution in [0.25, 0.3) is 6.08 Å². The second-order valence-corrected chi connectivity index (χ2v) is 2.65. The fraction of sp³-hybridized carbons (Fsp3) is 0.300. The van der Waals surface area contributed by atoms with E-state index in [2.05, 4.69) is 6.58 Å². The maximum absolute atomic E-state index is 8.60. The van der Waals surface area contributed by atoms with Gasteiger partial charge in [-0.25, -0.2) is 4.57 Å². The van der Waals surface area contributed by atoms with Crippen LogP contribution in [-0.2, 0) is 6.54 Å². The van der Waals surface area contributed by atoms with Gasteiger partial charge in [-0.15, -0.1) is 0 Å². The van der Waals surface area contributed by atoms with Gasteiger partial charge in [-0.05, 0) is 5.56 Å². The van der Waals surface area contributed by atoms with Gasteiger partial charge in [0, 0.05) is 25.2 Å². The largest absolute Gasteiger partial charge is 0.396 e. The summed E-state index contributed by atoms with van der Waals surface area (Å²) in [5.41, 5.74) is 1.12. The molecule has 2 nitrogen and oxygen atoms in total. The number of hydrogen-bond donors (Lipinski definition) is 1. The number of aryl methyl sites for hydroxylation is 1. The average molecular weight is 164 g/mol. The van der Waals surface area contributed by atoms with Crippen molar-refractivity contribution in [1.29, 1.82) is 0 Å². The summed E-state index contributed by atoms with van der Waals surface area (Å²) >= 11 is 0. The van der Waals surface area contributed by atoms with E-state index in [1.54, 1.807) is 0 Å². The highest BCUT2D eigenvalue weighted by atomic mass is 16.3. The zero-order valence-corrected chi connectivity index (χ0v) is 7.11. The molecule has 0 unspecified atom stereocenters. The van der Waals surface area contributed by atoms with E-state index in [1.165, 1.54) is 0 Å². The quantitative estimate of drug-likeness (QED) is 0.659. The molecule has 0 saturated carbocycles. The topological polar surface area (TPSA) is 24.1 Å². The third-order valence-electron chi connectivity index (χ3n) is 1.73. The number of pyridine rings is 1. The summed E-state index contributed by atoms with van der Waals surface area (Å²) in [6, 6.07) is 4.01. The molecule has 64 valence electrons. The Morgan fingerprint density at radius 1 is 1.42 bits per heavy atom. The zero-order valence-electron chi connectivity index (χ0n) is 7.11. The minimum atomic E-state index is 0.246. The van der Waals surface area contributed by atoms with E-state index in [0.717, 1.165) is 18.5 Å². The summed E-state index contributed by atoms with van der Waals surface area (Å²) in [6.07, 6.45) is 6.60. The first-order valence-electron chi connectivity index (χ1n) is 4.09. The van der Waals surface area contributed by atoms with E-state index in [0.29, 0.717) is 0 Å². The smallest absolute Gasteiger partial charge is 0.169 e. The molecule has 0 bridgehead atoms. The van der Waals surface area contributed by atoms with Gasteiger partial charge in [0.25, 0.3) is 0 Å². The lowest BCUT2D eigenvalue weighted by atomic mass is 10.3. The Kier molecular flexibility index (Phi) is 3.48. The number of hydrogen-bond acceptors (Lipinski definition) is 1. The van der Waals surface area contributed by atoms with Crippen molar-refractivity contribution in [3.63, 3.8) is 0 Å². The van der Waals surface area contributed by atoms with Gasteiger partial charge in [0.15, 0.2) is 18.9 Å². The normalized spacial score (nSPS) is 9.75. The first-order valence-corrected chi connectivity index (χ1v) is 4.09. The molecule has 0 atom stereocenters. The van der Waals surface area contributed by atoms with Gasteiger partial charge >= 0.3 is 0 Å². The lowest BCUT2D eigenvalue weighted by molar-refractivity contribution is -0.697. The molecule has 0 aromatic carbocycles. The molecule has 1 aromatic heterocycles. The number of nitrogens with zero attached hydrogens (tertiary/aromatic N) is 1. The van der Waals surface area contributed by atoms with E-state index in [9.17, 15) is 0 Å². The van der Waals surface area contributed by atoms with Crippen LogP contribution in [0.2, 0.25) is 0 Å². The van der Waals surface area contributed by atoms with Crippen LogP contribution < -0.4 is 4.57 Å². The monoisotopic (exact) mass is 164 g/mol. The summed E-state index contributed by atoms with van der Waals surface area (Å²) in [6.45, 7) is 4.79. The van der Waals surface area contributed by atoms with Gasteiger partial charge in [0.1, 0.15) is 0 Å². The van der Waals surface area contributed by atoms with E-state index >= 15 is 0 Å². The molecular weight excluding hydrogens is 150 g/mol. The summed E-state index contributed by atoms with van der Waals surface area (Å²) in [5, 5.41) is 8.60. The molecule has 1 aromatic rings. The Morgan fingerprint density at radius 2 is 2.08 bits per heavy atom. The van der Waals surface area contributed by atoms with Gasteiger partial charge < -0.3 is 5.11 Å². The third kappa shape index (κ3) is 2.47. The van der Waals surface area contributed by atoms with Crippen LogP contribution in [0.15, 0.2) is 31.1 Å². The Balaban J connectivity index is 2.58. The highest BCUT2D eigenvalue weighted by molar-refractivity contribution is 5.44. The first kappa shape index (κ1) is 8.94. The Bertz CT molecular complexity index is 241. The molecule has 0 spiro atoms. The van der Waals surface area contributed by atoms with E-state index in [-0.39, 0.29) is 6.61 Å². The fourth-order valence-electron chi connectivity index (χ4n) is 1.01. The molecule has 0 fully saturated rings. The van der Waals surface area contributed by atoms with Crippen LogP contribution in [0, 0.1) is 0 Å². The number of aliphatic hydroxyl groups is 1. The minimum Gasteiger partial charge on any atom is -0.396 e. The molecular formula is C10H14NO+. The number of aliphatic hydroxyl groups excluding tert-OH is 1. The van der Waals surface area contributed by atoms with Crippen molar-refractivity contribution in [2.75, 3.05) is 6.61 Å². The average Bonchev–Trinajstić information content (AvgIpc) is 2.15. The standard InChI is InChI=1S/C10H14NO/c1-2-10-4-7-11(8-5-10)6-3-9-12/h2,4-5,7-8,12H,1,3,6,9H2/q+1. The van der Waals surface area contributed by atoms with Crippen molar-refractivity contribution >= 4 is 6.08 Å². The molecule has 1 heterocycles. The molecule has 12 heavy (non-hydrogen) atoms. The molecule has 0 aliphatic heterocycles. The zero-order chi connectivity index (χ0) is 8.81. The van der Waals surface area contributed by atoms with Crippen LogP contribution in [0.4, 0.5) is 0 Å². The molecule has 0 aliphatic rings. The molecule has 1 rings (SSSR count). The summed E-state index contributed by atoms with van der Waals surface area (Å²) < 4.78 is 2.04. The lowest BCUT2D eigenvalue weighted by Crippen LogP contribution is -2.32. The predicted molar refractivity (Wildman–Crippen MR) is 48.4 cm³/mol. The molecule has 1 N–H and O–H groups in total. The molecule has 0 amide bonds. The summed E-state index contributed by atoms with van der Waals surface area (Å²) in [7, 11) is 0. The highest BCUT2D eigenvalue weighted by Gasteiger charge is 1.97. The second-order valence-electron chi connectivity index (χ2n) is 2.65. The molecule has 2 heteroatoms. The van der Waals surface area contributed by atoms with Gasteiger partial charge in [-0.2, -0.15) is 0 Å². The van der Waals surface area contributed by atoms with Crippen LogP contribution in [0.3, 0.4) is 0 Å². The van der Waals surface area contributed by atoms with E-state index < -0.39 is 0 Å². The van der Waals surface area contributed by atoms with Gasteiger partial charge in [0.05, 0.1) is 0 Å². The Labute approximate surface area is 72.8 Å². The van der Waals surface area contributed by atoms with Crippen molar-refractivity contribution in [1.82, 2.24) is 0 Å². The Hall–Kier alpha value is -1.15. The van der Waals surface area contributed by atoms with Crippen LogP contribution in [-0.4, -0.2) is 11.7 Å². The van der Waals surface area contributed by atoms with E-state index in [1.807, 2.05) is 35.2 Å².